The van der Waals surface area contributed by atoms with Crippen molar-refractivity contribution in [2.45, 2.75) is 51.2 Å². The largest absolute Gasteiger partial charge is 0.494 e. The zero-order valence-electron chi connectivity index (χ0n) is 21.7. The molecular weight excluding hydrogens is 450 g/mol. The van der Waals surface area contributed by atoms with Gasteiger partial charge in [0, 0.05) is 38.4 Å². The molecule has 3 heterocycles. The summed E-state index contributed by atoms with van der Waals surface area (Å²) in [5.74, 6) is 1.87. The van der Waals surface area contributed by atoms with Gasteiger partial charge < -0.3 is 24.2 Å². The summed E-state index contributed by atoms with van der Waals surface area (Å²) in [5.41, 5.74) is 2.17. The molecule has 0 bridgehead atoms. The summed E-state index contributed by atoms with van der Waals surface area (Å²) in [6.07, 6.45) is 5.64. The number of rotatable bonds is 8. The Hall–Kier alpha value is -2.57. The van der Waals surface area contributed by atoms with Crippen molar-refractivity contribution in [2.24, 2.45) is 5.92 Å². The third-order valence-corrected chi connectivity index (χ3v) is 8.05. The molecule has 0 aromatic heterocycles. The summed E-state index contributed by atoms with van der Waals surface area (Å²) in [5, 5.41) is 0. The van der Waals surface area contributed by atoms with Gasteiger partial charge in [0.05, 0.1) is 18.8 Å². The molecule has 0 saturated carbocycles. The van der Waals surface area contributed by atoms with Gasteiger partial charge >= 0.3 is 0 Å². The van der Waals surface area contributed by atoms with Crippen molar-refractivity contribution < 1.29 is 14.3 Å². The number of hydrogen-bond acceptors (Lipinski definition) is 5. The highest BCUT2D eigenvalue weighted by molar-refractivity contribution is 5.78. The SMILES string of the molecule is C[C@H]1CCCN(CCCOc2ccc(N3CCC4(CC3)CN(Cc3ccccc3)C(=O)CO4)cc2)C1. The number of carbonyl (C=O) groups excluding carboxylic acids is 1. The van der Waals surface area contributed by atoms with Crippen LogP contribution in [0.25, 0.3) is 0 Å². The minimum Gasteiger partial charge on any atom is -0.494 e. The van der Waals surface area contributed by atoms with E-state index in [1.165, 1.54) is 37.2 Å². The molecule has 6 nitrogen and oxygen atoms in total. The molecule has 1 spiro atoms. The van der Waals surface area contributed by atoms with Crippen molar-refractivity contribution in [3.63, 3.8) is 0 Å². The predicted octanol–water partition coefficient (Wildman–Crippen LogP) is 4.59. The summed E-state index contributed by atoms with van der Waals surface area (Å²) >= 11 is 0. The summed E-state index contributed by atoms with van der Waals surface area (Å²) in [6, 6.07) is 18.8. The smallest absolute Gasteiger partial charge is 0.248 e. The van der Waals surface area contributed by atoms with Crippen molar-refractivity contribution in [1.29, 1.82) is 0 Å². The second-order valence-corrected chi connectivity index (χ2v) is 10.9. The maximum absolute atomic E-state index is 12.5. The lowest BCUT2D eigenvalue weighted by atomic mass is 9.88. The molecule has 2 aromatic carbocycles. The fraction of sp³-hybridized carbons (Fsp3) is 0.567. The lowest BCUT2D eigenvalue weighted by molar-refractivity contribution is -0.168. The first-order valence-corrected chi connectivity index (χ1v) is 13.7. The lowest BCUT2D eigenvalue weighted by Gasteiger charge is -2.47. The van der Waals surface area contributed by atoms with E-state index >= 15 is 0 Å². The maximum Gasteiger partial charge on any atom is 0.248 e. The van der Waals surface area contributed by atoms with E-state index < -0.39 is 0 Å². The number of morpholine rings is 1. The lowest BCUT2D eigenvalue weighted by Crippen LogP contribution is -2.58. The van der Waals surface area contributed by atoms with Crippen LogP contribution in [0.3, 0.4) is 0 Å². The Morgan fingerprint density at radius 2 is 1.81 bits per heavy atom. The Bertz CT molecular complexity index is 973. The molecule has 2 aromatic rings. The molecular formula is C30H41N3O3. The molecule has 3 aliphatic heterocycles. The summed E-state index contributed by atoms with van der Waals surface area (Å²) < 4.78 is 12.2. The number of piperidine rings is 2. The molecule has 5 rings (SSSR count). The number of anilines is 1. The van der Waals surface area contributed by atoms with Gasteiger partial charge in [-0.3, -0.25) is 4.79 Å². The van der Waals surface area contributed by atoms with E-state index in [2.05, 4.69) is 53.1 Å². The average molecular weight is 492 g/mol. The number of ether oxygens (including phenoxy) is 2. The van der Waals surface area contributed by atoms with Crippen LogP contribution >= 0.6 is 0 Å². The second-order valence-electron chi connectivity index (χ2n) is 10.9. The van der Waals surface area contributed by atoms with E-state index in [0.29, 0.717) is 13.1 Å². The first-order chi connectivity index (χ1) is 17.6. The standard InChI is InChI=1S/C30H41N3O3/c1-25-7-5-16-31(21-25)17-6-20-35-28-12-10-27(11-13-28)32-18-14-30(15-19-32)24-33(29(34)23-36-30)22-26-8-3-2-4-9-26/h2-4,8-13,25H,5-7,14-24H2,1H3/t25-/m0/s1. The molecule has 194 valence electrons. The van der Waals surface area contributed by atoms with Crippen molar-refractivity contribution in [3.8, 4) is 5.75 Å². The molecule has 3 saturated heterocycles. The van der Waals surface area contributed by atoms with Crippen molar-refractivity contribution in [3.05, 3.63) is 60.2 Å². The Morgan fingerprint density at radius 1 is 1.03 bits per heavy atom. The van der Waals surface area contributed by atoms with Gasteiger partial charge in [-0.1, -0.05) is 37.3 Å². The molecule has 3 fully saturated rings. The van der Waals surface area contributed by atoms with E-state index in [4.69, 9.17) is 9.47 Å². The Labute approximate surface area is 216 Å². The van der Waals surface area contributed by atoms with E-state index in [1.807, 2.05) is 23.1 Å². The molecule has 1 amide bonds. The second kappa shape index (κ2) is 11.7. The first kappa shape index (κ1) is 25.1. The Kier molecular flexibility index (Phi) is 8.12. The van der Waals surface area contributed by atoms with Gasteiger partial charge in [-0.15, -0.1) is 0 Å². The zero-order chi connectivity index (χ0) is 24.8. The number of benzene rings is 2. The van der Waals surface area contributed by atoms with Crippen molar-refractivity contribution >= 4 is 11.6 Å². The zero-order valence-corrected chi connectivity index (χ0v) is 21.7. The topological polar surface area (TPSA) is 45.2 Å². The molecule has 0 unspecified atom stereocenters. The number of nitrogens with zero attached hydrogens (tertiary/aromatic N) is 3. The summed E-state index contributed by atoms with van der Waals surface area (Å²) in [7, 11) is 0. The average Bonchev–Trinajstić information content (AvgIpc) is 2.91. The third kappa shape index (κ3) is 6.40. The van der Waals surface area contributed by atoms with E-state index in [-0.39, 0.29) is 18.1 Å². The van der Waals surface area contributed by atoms with Crippen molar-refractivity contribution in [2.75, 3.05) is 57.4 Å². The van der Waals surface area contributed by atoms with Crippen LogP contribution < -0.4 is 9.64 Å². The number of hydrogen-bond donors (Lipinski definition) is 0. The normalized spacial score (nSPS) is 22.7. The minimum absolute atomic E-state index is 0.0907. The van der Waals surface area contributed by atoms with Gasteiger partial charge in [-0.05, 0) is 74.4 Å². The van der Waals surface area contributed by atoms with Crippen LogP contribution in [0.15, 0.2) is 54.6 Å². The Balaban J connectivity index is 1.07. The van der Waals surface area contributed by atoms with Crippen LogP contribution in [0.2, 0.25) is 0 Å². The van der Waals surface area contributed by atoms with Crippen LogP contribution in [0.1, 0.15) is 44.6 Å². The van der Waals surface area contributed by atoms with Gasteiger partial charge in [-0.2, -0.15) is 0 Å². The molecule has 6 heteroatoms. The molecule has 0 radical (unpaired) electrons. The molecule has 3 aliphatic rings. The van der Waals surface area contributed by atoms with Gasteiger partial charge in [0.2, 0.25) is 5.91 Å². The first-order valence-electron chi connectivity index (χ1n) is 13.7. The number of amides is 1. The van der Waals surface area contributed by atoms with E-state index in [1.54, 1.807) is 0 Å². The fourth-order valence-corrected chi connectivity index (χ4v) is 5.93. The highest BCUT2D eigenvalue weighted by Crippen LogP contribution is 2.33. The van der Waals surface area contributed by atoms with Gasteiger partial charge in [-0.25, -0.2) is 0 Å². The maximum atomic E-state index is 12.5. The molecule has 0 aliphatic carbocycles. The molecule has 0 N–H and O–H groups in total. The monoisotopic (exact) mass is 491 g/mol. The third-order valence-electron chi connectivity index (χ3n) is 8.05. The summed E-state index contributed by atoms with van der Waals surface area (Å²) in [4.78, 5) is 19.5. The fourth-order valence-electron chi connectivity index (χ4n) is 5.93. The number of carbonyl (C=O) groups is 1. The molecule has 1 atom stereocenters. The van der Waals surface area contributed by atoms with E-state index in [0.717, 1.165) is 57.2 Å². The van der Waals surface area contributed by atoms with Crippen LogP contribution in [0, 0.1) is 5.92 Å². The van der Waals surface area contributed by atoms with Crippen molar-refractivity contribution in [1.82, 2.24) is 9.80 Å². The quantitative estimate of drug-likeness (QED) is 0.506. The highest BCUT2D eigenvalue weighted by atomic mass is 16.5. The van der Waals surface area contributed by atoms with Crippen LogP contribution in [0.4, 0.5) is 5.69 Å². The van der Waals surface area contributed by atoms with Crippen LogP contribution in [0.5, 0.6) is 5.75 Å². The molecule has 36 heavy (non-hydrogen) atoms. The van der Waals surface area contributed by atoms with Gasteiger partial charge in [0.1, 0.15) is 12.4 Å². The van der Waals surface area contributed by atoms with E-state index in [9.17, 15) is 4.79 Å². The highest BCUT2D eigenvalue weighted by Gasteiger charge is 2.42. The van der Waals surface area contributed by atoms with Crippen LogP contribution in [-0.4, -0.2) is 73.8 Å². The number of likely N-dealkylation sites (tertiary alicyclic amines) is 1. The van der Waals surface area contributed by atoms with Gasteiger partial charge in [0.25, 0.3) is 0 Å². The predicted molar refractivity (Wildman–Crippen MR) is 143 cm³/mol. The van der Waals surface area contributed by atoms with Gasteiger partial charge in [0.15, 0.2) is 0 Å². The minimum atomic E-state index is -0.228. The van der Waals surface area contributed by atoms with Crippen LogP contribution in [-0.2, 0) is 16.1 Å². The summed E-state index contributed by atoms with van der Waals surface area (Å²) in [6.45, 7) is 10.1. The Morgan fingerprint density at radius 3 is 2.56 bits per heavy atom.